The maximum absolute atomic E-state index is 13.6. The Labute approximate surface area is 125 Å². The predicted octanol–water partition coefficient (Wildman–Crippen LogP) is 3.28. The molecule has 7 heteroatoms. The number of benzene rings is 2. The fourth-order valence-corrected chi connectivity index (χ4v) is 3.45. The number of rotatable bonds is 3. The van der Waals surface area contributed by atoms with E-state index in [0.29, 0.717) is 5.69 Å². The second kappa shape index (κ2) is 5.41. The van der Waals surface area contributed by atoms with Gasteiger partial charge in [-0.15, -0.1) is 0 Å². The van der Waals surface area contributed by atoms with Crippen molar-refractivity contribution in [1.29, 1.82) is 0 Å². The summed E-state index contributed by atoms with van der Waals surface area (Å²) in [5.41, 5.74) is 5.97. The molecule has 4 nitrogen and oxygen atoms in total. The van der Waals surface area contributed by atoms with Crippen molar-refractivity contribution in [2.45, 2.75) is 11.8 Å². The Morgan fingerprint density at radius 3 is 2.60 bits per heavy atom. The molecule has 3 N–H and O–H groups in total. The van der Waals surface area contributed by atoms with Gasteiger partial charge in [-0.2, -0.15) is 0 Å². The molecule has 0 heterocycles. The van der Waals surface area contributed by atoms with Crippen molar-refractivity contribution in [1.82, 2.24) is 0 Å². The van der Waals surface area contributed by atoms with Gasteiger partial charge in [0, 0.05) is 21.4 Å². The van der Waals surface area contributed by atoms with Crippen molar-refractivity contribution in [2.75, 3.05) is 10.5 Å². The molecule has 0 unspecified atom stereocenters. The van der Waals surface area contributed by atoms with Crippen LogP contribution in [0.15, 0.2) is 45.8 Å². The zero-order chi connectivity index (χ0) is 14.9. The maximum atomic E-state index is 13.6. The number of halogens is 2. The lowest BCUT2D eigenvalue weighted by atomic mass is 10.2. The van der Waals surface area contributed by atoms with Crippen molar-refractivity contribution < 1.29 is 12.8 Å². The van der Waals surface area contributed by atoms with E-state index in [2.05, 4.69) is 20.7 Å². The van der Waals surface area contributed by atoms with E-state index in [1.807, 2.05) is 0 Å². The van der Waals surface area contributed by atoms with Crippen molar-refractivity contribution in [3.63, 3.8) is 0 Å². The van der Waals surface area contributed by atoms with Gasteiger partial charge in [-0.3, -0.25) is 4.72 Å². The minimum absolute atomic E-state index is 0.0293. The molecule has 2 aromatic carbocycles. The second-order valence-electron chi connectivity index (χ2n) is 4.24. The number of sulfonamides is 1. The van der Waals surface area contributed by atoms with E-state index >= 15 is 0 Å². The minimum Gasteiger partial charge on any atom is -0.399 e. The molecule has 0 radical (unpaired) electrons. The van der Waals surface area contributed by atoms with E-state index in [4.69, 9.17) is 5.73 Å². The molecule has 2 aromatic rings. The number of anilines is 2. The average molecular weight is 359 g/mol. The molecule has 106 valence electrons. The normalized spacial score (nSPS) is 11.3. The fourth-order valence-electron chi connectivity index (χ4n) is 1.71. The average Bonchev–Trinajstić information content (AvgIpc) is 2.33. The van der Waals surface area contributed by atoms with Gasteiger partial charge in [0.1, 0.15) is 5.82 Å². The van der Waals surface area contributed by atoms with Gasteiger partial charge in [0.25, 0.3) is 10.0 Å². The number of nitrogen functional groups attached to an aromatic ring is 1. The van der Waals surface area contributed by atoms with Crippen LogP contribution in [-0.2, 0) is 10.0 Å². The van der Waals surface area contributed by atoms with Gasteiger partial charge in [-0.05, 0) is 37.3 Å². The van der Waals surface area contributed by atoms with Gasteiger partial charge >= 0.3 is 0 Å². The van der Waals surface area contributed by atoms with Gasteiger partial charge < -0.3 is 5.73 Å². The van der Waals surface area contributed by atoms with Crippen LogP contribution in [0.1, 0.15) is 5.56 Å². The summed E-state index contributed by atoms with van der Waals surface area (Å²) in [5.74, 6) is -0.653. The molecule has 0 aliphatic rings. The van der Waals surface area contributed by atoms with Crippen LogP contribution in [0.3, 0.4) is 0 Å². The van der Waals surface area contributed by atoms with Crippen molar-refractivity contribution in [3.8, 4) is 0 Å². The molecular weight excluding hydrogens is 347 g/mol. The molecule has 0 saturated heterocycles. The van der Waals surface area contributed by atoms with Gasteiger partial charge in [0.05, 0.1) is 4.90 Å². The van der Waals surface area contributed by atoms with Crippen molar-refractivity contribution >= 4 is 37.3 Å². The smallest absolute Gasteiger partial charge is 0.262 e. The number of hydrogen-bond donors (Lipinski definition) is 2. The number of nitrogens with one attached hydrogen (secondary N) is 1. The van der Waals surface area contributed by atoms with Crippen LogP contribution < -0.4 is 10.5 Å². The van der Waals surface area contributed by atoms with Gasteiger partial charge in [-0.1, -0.05) is 22.0 Å². The lowest BCUT2D eigenvalue weighted by molar-refractivity contribution is 0.591. The summed E-state index contributed by atoms with van der Waals surface area (Å²) in [6, 6.07) is 8.99. The van der Waals surface area contributed by atoms with E-state index < -0.39 is 15.8 Å². The van der Waals surface area contributed by atoms with Crippen LogP contribution >= 0.6 is 15.9 Å². The maximum Gasteiger partial charge on any atom is 0.262 e. The first kappa shape index (κ1) is 14.8. The molecule has 0 fully saturated rings. The largest absolute Gasteiger partial charge is 0.399 e. The Bertz CT molecular complexity index is 763. The molecule has 0 aromatic heterocycles. The standard InChI is InChI=1S/C13H12BrFN2O2S/c1-8-12(15)6-10(16)7-13(8)20(18,19)17-11-4-2-3-9(14)5-11/h2-7,17H,16H2,1H3. The Hall–Kier alpha value is -1.60. The highest BCUT2D eigenvalue weighted by atomic mass is 79.9. The van der Waals surface area contributed by atoms with Gasteiger partial charge in [0.2, 0.25) is 0 Å². The molecule has 0 amide bonds. The molecule has 0 aliphatic heterocycles. The second-order valence-corrected chi connectivity index (χ2v) is 6.81. The highest BCUT2D eigenvalue weighted by Crippen LogP contribution is 2.25. The first-order valence-electron chi connectivity index (χ1n) is 5.63. The predicted molar refractivity (Wildman–Crippen MR) is 80.5 cm³/mol. The highest BCUT2D eigenvalue weighted by Gasteiger charge is 2.20. The number of nitrogens with two attached hydrogens (primary N) is 1. The summed E-state index contributed by atoms with van der Waals surface area (Å²) in [6.07, 6.45) is 0. The summed E-state index contributed by atoms with van der Waals surface area (Å²) in [6.45, 7) is 1.39. The zero-order valence-corrected chi connectivity index (χ0v) is 12.9. The van der Waals surface area contributed by atoms with Gasteiger partial charge in [-0.25, -0.2) is 12.8 Å². The molecule has 0 spiro atoms. The third-order valence-corrected chi connectivity index (χ3v) is 4.69. The highest BCUT2D eigenvalue weighted by molar-refractivity contribution is 9.10. The third kappa shape index (κ3) is 3.10. The Morgan fingerprint density at radius 1 is 1.25 bits per heavy atom. The SMILES string of the molecule is Cc1c(F)cc(N)cc1S(=O)(=O)Nc1cccc(Br)c1. The van der Waals surface area contributed by atoms with Crippen LogP contribution in [0.4, 0.5) is 15.8 Å². The van der Waals surface area contributed by atoms with Crippen LogP contribution in [0.25, 0.3) is 0 Å². The van der Waals surface area contributed by atoms with Gasteiger partial charge in [0.15, 0.2) is 0 Å². The summed E-state index contributed by atoms with van der Waals surface area (Å²) < 4.78 is 41.3. The van der Waals surface area contributed by atoms with Crippen molar-refractivity contribution in [3.05, 3.63) is 52.3 Å². The summed E-state index contributed by atoms with van der Waals surface area (Å²) in [4.78, 5) is -0.171. The van der Waals surface area contributed by atoms with E-state index in [0.717, 1.165) is 10.5 Å². The van der Waals surface area contributed by atoms with Crippen molar-refractivity contribution in [2.24, 2.45) is 0 Å². The lowest BCUT2D eigenvalue weighted by Crippen LogP contribution is -2.15. The van der Waals surface area contributed by atoms with E-state index in [1.165, 1.54) is 13.0 Å². The quantitative estimate of drug-likeness (QED) is 0.827. The lowest BCUT2D eigenvalue weighted by Gasteiger charge is -2.12. The minimum atomic E-state index is -3.90. The fraction of sp³-hybridized carbons (Fsp3) is 0.0769. The summed E-state index contributed by atoms with van der Waals surface area (Å²) in [7, 11) is -3.90. The molecule has 0 atom stereocenters. The van der Waals surface area contributed by atoms with Crippen LogP contribution in [0, 0.1) is 12.7 Å². The van der Waals surface area contributed by atoms with E-state index in [-0.39, 0.29) is 16.1 Å². The molecule has 20 heavy (non-hydrogen) atoms. The first-order chi connectivity index (χ1) is 9.29. The Kier molecular flexibility index (Phi) is 4.01. The molecule has 2 rings (SSSR count). The Morgan fingerprint density at radius 2 is 1.95 bits per heavy atom. The molecular formula is C13H12BrFN2O2S. The molecule has 0 aliphatic carbocycles. The summed E-state index contributed by atoms with van der Waals surface area (Å²) >= 11 is 3.25. The van der Waals surface area contributed by atoms with E-state index in [9.17, 15) is 12.8 Å². The molecule has 0 saturated carbocycles. The van der Waals surface area contributed by atoms with E-state index in [1.54, 1.807) is 24.3 Å². The third-order valence-electron chi connectivity index (χ3n) is 2.69. The van der Waals surface area contributed by atoms with Crippen LogP contribution in [0.2, 0.25) is 0 Å². The first-order valence-corrected chi connectivity index (χ1v) is 7.91. The monoisotopic (exact) mass is 358 g/mol. The topological polar surface area (TPSA) is 72.2 Å². The zero-order valence-electron chi connectivity index (χ0n) is 10.5. The van der Waals surface area contributed by atoms with Crippen LogP contribution in [-0.4, -0.2) is 8.42 Å². The Balaban J connectivity index is 2.46. The summed E-state index contributed by atoms with van der Waals surface area (Å²) in [5, 5.41) is 0. The van der Waals surface area contributed by atoms with Crippen LogP contribution in [0.5, 0.6) is 0 Å². The number of hydrogen-bond acceptors (Lipinski definition) is 3. The molecule has 0 bridgehead atoms.